The van der Waals surface area contributed by atoms with Crippen LogP contribution in [0.5, 0.6) is 0 Å². The summed E-state index contributed by atoms with van der Waals surface area (Å²) in [6.07, 6.45) is 0. The molecule has 0 aliphatic carbocycles. The Balaban J connectivity index is 3.07. The Bertz CT molecular complexity index is 287. The minimum absolute atomic E-state index is 0.131. The zero-order chi connectivity index (χ0) is 8.43. The van der Waals surface area contributed by atoms with Crippen molar-refractivity contribution in [1.29, 1.82) is 0 Å². The summed E-state index contributed by atoms with van der Waals surface area (Å²) in [6, 6.07) is 0. The van der Waals surface area contributed by atoms with Crippen molar-refractivity contribution in [2.24, 2.45) is 0 Å². The van der Waals surface area contributed by atoms with Gasteiger partial charge in [0, 0.05) is 0 Å². The van der Waals surface area contributed by atoms with Crippen molar-refractivity contribution in [3.8, 4) is 0 Å². The number of halogens is 2. The number of hydrogen-bond acceptors (Lipinski definition) is 3. The van der Waals surface area contributed by atoms with Crippen LogP contribution in [0.1, 0.15) is 5.82 Å². The number of rotatable bonds is 2. The fourth-order valence-corrected chi connectivity index (χ4v) is 1.16. The lowest BCUT2D eigenvalue weighted by atomic mass is 10.7. The van der Waals surface area contributed by atoms with E-state index >= 15 is 0 Å². The SMILES string of the molecule is O=[N+]([O-])c1[nH]c(CCl)nc1Br. The van der Waals surface area contributed by atoms with Crippen LogP contribution >= 0.6 is 27.5 Å². The molecule has 11 heavy (non-hydrogen) atoms. The van der Waals surface area contributed by atoms with E-state index in [1.54, 1.807) is 0 Å². The van der Waals surface area contributed by atoms with Gasteiger partial charge in [-0.25, -0.2) is 4.98 Å². The summed E-state index contributed by atoms with van der Waals surface area (Å²) in [5.41, 5.74) is 0. The smallest absolute Gasteiger partial charge is 0.355 e. The van der Waals surface area contributed by atoms with Crippen LogP contribution in [0.25, 0.3) is 0 Å². The molecule has 0 spiro atoms. The fourth-order valence-electron chi connectivity index (χ4n) is 0.572. The van der Waals surface area contributed by atoms with Gasteiger partial charge in [0.2, 0.25) is 10.4 Å². The summed E-state index contributed by atoms with van der Waals surface area (Å²) in [5.74, 6) is 0.345. The first-order valence-corrected chi connectivity index (χ1v) is 3.92. The number of nitro groups is 1. The van der Waals surface area contributed by atoms with E-state index in [0.29, 0.717) is 5.82 Å². The van der Waals surface area contributed by atoms with Gasteiger partial charge < -0.3 is 10.1 Å². The molecule has 0 radical (unpaired) electrons. The molecule has 0 saturated heterocycles. The second-order valence-corrected chi connectivity index (χ2v) is 2.73. The molecule has 7 heteroatoms. The van der Waals surface area contributed by atoms with Crippen LogP contribution in [-0.2, 0) is 5.88 Å². The number of hydrogen-bond donors (Lipinski definition) is 1. The van der Waals surface area contributed by atoms with Crippen LogP contribution in [0.15, 0.2) is 4.60 Å². The molecule has 0 bridgehead atoms. The third-order valence-electron chi connectivity index (χ3n) is 1.00. The third kappa shape index (κ3) is 1.69. The first kappa shape index (κ1) is 8.48. The van der Waals surface area contributed by atoms with Crippen molar-refractivity contribution in [3.05, 3.63) is 20.5 Å². The number of aromatic nitrogens is 2. The van der Waals surface area contributed by atoms with Gasteiger partial charge in [0.15, 0.2) is 0 Å². The molecule has 0 amide bonds. The second kappa shape index (κ2) is 3.19. The lowest BCUT2D eigenvalue weighted by molar-refractivity contribution is -0.390. The van der Waals surface area contributed by atoms with Crippen LogP contribution in [0, 0.1) is 10.1 Å². The van der Waals surface area contributed by atoms with E-state index in [1.165, 1.54) is 0 Å². The summed E-state index contributed by atoms with van der Waals surface area (Å²) >= 11 is 8.30. The molecule has 60 valence electrons. The van der Waals surface area contributed by atoms with Crippen molar-refractivity contribution >= 4 is 33.3 Å². The van der Waals surface area contributed by atoms with E-state index < -0.39 is 4.92 Å². The van der Waals surface area contributed by atoms with E-state index in [4.69, 9.17) is 11.6 Å². The van der Waals surface area contributed by atoms with Gasteiger partial charge in [-0.15, -0.1) is 11.6 Å². The molecule has 0 unspecified atom stereocenters. The summed E-state index contributed by atoms with van der Waals surface area (Å²) < 4.78 is 0.179. The van der Waals surface area contributed by atoms with Crippen LogP contribution in [-0.4, -0.2) is 14.9 Å². The van der Waals surface area contributed by atoms with Crippen LogP contribution in [0.3, 0.4) is 0 Å². The van der Waals surface area contributed by atoms with Gasteiger partial charge in [0.25, 0.3) is 0 Å². The molecule has 0 aliphatic rings. The molecular weight excluding hydrogens is 237 g/mol. The Hall–Kier alpha value is -0.620. The van der Waals surface area contributed by atoms with Crippen molar-refractivity contribution in [2.45, 2.75) is 5.88 Å². The standard InChI is InChI=1S/C4H3BrClN3O2/c5-3-4(9(10)11)8-2(1-6)7-3/h1H2,(H,7,8). The van der Waals surface area contributed by atoms with Gasteiger partial charge in [0.1, 0.15) is 5.88 Å². The quantitative estimate of drug-likeness (QED) is 0.487. The van der Waals surface area contributed by atoms with E-state index in [0.717, 1.165) is 0 Å². The lowest BCUT2D eigenvalue weighted by Crippen LogP contribution is -1.88. The van der Waals surface area contributed by atoms with E-state index in [1.807, 2.05) is 0 Å². The average Bonchev–Trinajstić information content (AvgIpc) is 2.30. The van der Waals surface area contributed by atoms with Gasteiger partial charge in [0.05, 0.1) is 0 Å². The highest BCUT2D eigenvalue weighted by Gasteiger charge is 2.16. The summed E-state index contributed by atoms with van der Waals surface area (Å²) in [6.45, 7) is 0. The molecular formula is C4H3BrClN3O2. The molecule has 0 aromatic carbocycles. The first-order valence-electron chi connectivity index (χ1n) is 2.60. The summed E-state index contributed by atoms with van der Waals surface area (Å²) in [7, 11) is 0. The molecule has 0 atom stereocenters. The highest BCUT2D eigenvalue weighted by atomic mass is 79.9. The van der Waals surface area contributed by atoms with Gasteiger partial charge in [-0.1, -0.05) is 0 Å². The average molecular weight is 240 g/mol. The fraction of sp³-hybridized carbons (Fsp3) is 0.250. The number of aromatic amines is 1. The van der Waals surface area contributed by atoms with Crippen molar-refractivity contribution in [3.63, 3.8) is 0 Å². The monoisotopic (exact) mass is 239 g/mol. The number of nitrogens with one attached hydrogen (secondary N) is 1. The minimum Gasteiger partial charge on any atom is -0.358 e. The summed E-state index contributed by atoms with van der Waals surface area (Å²) in [4.78, 5) is 15.8. The molecule has 1 aromatic heterocycles. The summed E-state index contributed by atoms with van der Waals surface area (Å²) in [5, 5.41) is 10.2. The first-order chi connectivity index (χ1) is 5.15. The second-order valence-electron chi connectivity index (χ2n) is 1.71. The zero-order valence-corrected chi connectivity index (χ0v) is 7.52. The van der Waals surface area contributed by atoms with E-state index in [-0.39, 0.29) is 16.3 Å². The Labute approximate surface area is 75.0 Å². The molecule has 1 N–H and O–H groups in total. The Morgan fingerprint density at radius 2 is 2.45 bits per heavy atom. The maximum Gasteiger partial charge on any atom is 0.355 e. The molecule has 0 fully saturated rings. The van der Waals surface area contributed by atoms with E-state index in [2.05, 4.69) is 25.9 Å². The predicted molar refractivity (Wildman–Crippen MR) is 42.5 cm³/mol. The maximum absolute atomic E-state index is 10.2. The molecule has 0 saturated carbocycles. The third-order valence-corrected chi connectivity index (χ3v) is 1.81. The number of H-pyrrole nitrogens is 1. The Kier molecular flexibility index (Phi) is 2.45. The van der Waals surface area contributed by atoms with Crippen molar-refractivity contribution in [2.75, 3.05) is 0 Å². The zero-order valence-electron chi connectivity index (χ0n) is 5.17. The Morgan fingerprint density at radius 3 is 2.73 bits per heavy atom. The van der Waals surface area contributed by atoms with Crippen LogP contribution < -0.4 is 0 Å². The highest BCUT2D eigenvalue weighted by Crippen LogP contribution is 2.21. The number of alkyl halides is 1. The lowest BCUT2D eigenvalue weighted by Gasteiger charge is -1.86. The molecule has 1 heterocycles. The molecule has 1 rings (SSSR count). The van der Waals surface area contributed by atoms with Gasteiger partial charge in [-0.05, 0) is 20.9 Å². The molecule has 1 aromatic rings. The Morgan fingerprint density at radius 1 is 1.82 bits per heavy atom. The maximum atomic E-state index is 10.2. The van der Waals surface area contributed by atoms with Crippen LogP contribution in [0.2, 0.25) is 0 Å². The van der Waals surface area contributed by atoms with Crippen LogP contribution in [0.4, 0.5) is 5.82 Å². The number of imidazole rings is 1. The number of nitrogens with zero attached hydrogens (tertiary/aromatic N) is 2. The molecule has 5 nitrogen and oxygen atoms in total. The van der Waals surface area contributed by atoms with Gasteiger partial charge in [-0.2, -0.15) is 4.98 Å². The topological polar surface area (TPSA) is 71.8 Å². The van der Waals surface area contributed by atoms with Crippen molar-refractivity contribution in [1.82, 2.24) is 9.97 Å². The van der Waals surface area contributed by atoms with Gasteiger partial charge >= 0.3 is 5.82 Å². The molecule has 0 aliphatic heterocycles. The van der Waals surface area contributed by atoms with Gasteiger partial charge in [-0.3, -0.25) is 0 Å². The normalized spacial score (nSPS) is 10.0. The highest BCUT2D eigenvalue weighted by molar-refractivity contribution is 9.10. The predicted octanol–water partition coefficient (Wildman–Crippen LogP) is 1.82. The van der Waals surface area contributed by atoms with Crippen molar-refractivity contribution < 1.29 is 4.92 Å². The van der Waals surface area contributed by atoms with E-state index in [9.17, 15) is 10.1 Å². The minimum atomic E-state index is -0.562. The largest absolute Gasteiger partial charge is 0.358 e.